The molecule has 0 fully saturated rings. The van der Waals surface area contributed by atoms with Crippen molar-refractivity contribution in [1.82, 2.24) is 0 Å². The summed E-state index contributed by atoms with van der Waals surface area (Å²) in [5.74, 6) is -0.564. The van der Waals surface area contributed by atoms with Crippen molar-refractivity contribution in [2.24, 2.45) is 0 Å². The molecule has 0 heterocycles. The van der Waals surface area contributed by atoms with E-state index in [0.29, 0.717) is 0 Å². The van der Waals surface area contributed by atoms with Gasteiger partial charge in [-0.1, -0.05) is 64.6 Å². The Balaban J connectivity index is 2.61. The van der Waals surface area contributed by atoms with Gasteiger partial charge in [0.25, 0.3) is 10.1 Å². The number of aromatic hydroxyl groups is 2. The topological polar surface area (TPSA) is 94.8 Å². The summed E-state index contributed by atoms with van der Waals surface area (Å²) < 4.78 is 34.0. The van der Waals surface area contributed by atoms with E-state index in [1.807, 2.05) is 0 Å². The first-order valence-electron chi connectivity index (χ1n) is 7.89. The zero-order valence-electron chi connectivity index (χ0n) is 14.3. The summed E-state index contributed by atoms with van der Waals surface area (Å²) in [6, 6.07) is 11.4. The standard InChI is InChI=1S/C19H12Cl4O5S/c20-13-6-3-11(9-16(13)25)19(29(26,27)28,10-1-4-12(24)5-2-10)17-14(21)7-8-15(22)18(17)23/h1-9,24-25H,(H,26,27,28). The smallest absolute Gasteiger partial charge is 0.283 e. The van der Waals surface area contributed by atoms with Gasteiger partial charge >= 0.3 is 0 Å². The van der Waals surface area contributed by atoms with Gasteiger partial charge in [-0.2, -0.15) is 8.42 Å². The van der Waals surface area contributed by atoms with Crippen molar-refractivity contribution >= 4 is 56.5 Å². The molecule has 3 aromatic carbocycles. The number of benzene rings is 3. The van der Waals surface area contributed by atoms with Crippen LogP contribution in [0.25, 0.3) is 0 Å². The van der Waals surface area contributed by atoms with E-state index in [1.165, 1.54) is 48.5 Å². The highest BCUT2D eigenvalue weighted by Gasteiger charge is 2.51. The second-order valence-electron chi connectivity index (χ2n) is 6.09. The third-order valence-corrected chi connectivity index (χ3v) is 7.30. The van der Waals surface area contributed by atoms with Crippen LogP contribution in [0.15, 0.2) is 54.6 Å². The first-order chi connectivity index (χ1) is 13.5. The van der Waals surface area contributed by atoms with Crippen molar-refractivity contribution in [3.05, 3.63) is 91.4 Å². The molecule has 1 atom stereocenters. The van der Waals surface area contributed by atoms with Crippen molar-refractivity contribution in [3.8, 4) is 11.5 Å². The summed E-state index contributed by atoms with van der Waals surface area (Å²) in [4.78, 5) is 0. The molecule has 3 rings (SSSR count). The van der Waals surface area contributed by atoms with Crippen LogP contribution in [0.2, 0.25) is 20.1 Å². The van der Waals surface area contributed by atoms with Gasteiger partial charge in [-0.25, -0.2) is 0 Å². The molecule has 0 saturated carbocycles. The Labute approximate surface area is 186 Å². The Morgan fingerprint density at radius 2 is 1.24 bits per heavy atom. The minimum atomic E-state index is -5.05. The van der Waals surface area contributed by atoms with Gasteiger partial charge in [0.05, 0.1) is 15.1 Å². The van der Waals surface area contributed by atoms with Crippen molar-refractivity contribution in [2.75, 3.05) is 0 Å². The molecule has 5 nitrogen and oxygen atoms in total. The molecule has 3 N–H and O–H groups in total. The number of phenolic OH excluding ortho intramolecular Hbond substituents is 2. The molecule has 0 saturated heterocycles. The summed E-state index contributed by atoms with van der Waals surface area (Å²) in [7, 11) is -5.05. The predicted octanol–water partition coefficient (Wildman–Crippen LogP) is 5.89. The van der Waals surface area contributed by atoms with Crippen LogP contribution in [-0.4, -0.2) is 23.2 Å². The van der Waals surface area contributed by atoms with Crippen LogP contribution in [0, 0.1) is 0 Å². The first kappa shape index (κ1) is 22.0. The minimum Gasteiger partial charge on any atom is -0.508 e. The monoisotopic (exact) mass is 492 g/mol. The number of phenols is 2. The van der Waals surface area contributed by atoms with E-state index in [-0.39, 0.29) is 42.5 Å². The summed E-state index contributed by atoms with van der Waals surface area (Å²) in [5, 5.41) is 19.4. The zero-order chi connectivity index (χ0) is 21.6. The van der Waals surface area contributed by atoms with E-state index in [4.69, 9.17) is 46.4 Å². The van der Waals surface area contributed by atoms with Gasteiger partial charge in [-0.3, -0.25) is 4.55 Å². The van der Waals surface area contributed by atoms with E-state index in [1.54, 1.807) is 0 Å². The molecule has 1 unspecified atom stereocenters. The maximum absolute atomic E-state index is 13.0. The van der Waals surface area contributed by atoms with Gasteiger partial charge in [0, 0.05) is 10.6 Å². The average molecular weight is 494 g/mol. The van der Waals surface area contributed by atoms with Crippen LogP contribution in [-0.2, 0) is 14.9 Å². The minimum absolute atomic E-state index is 0.00365. The van der Waals surface area contributed by atoms with Crippen molar-refractivity contribution in [3.63, 3.8) is 0 Å². The molecule has 152 valence electrons. The Bertz CT molecular complexity index is 1200. The van der Waals surface area contributed by atoms with Crippen LogP contribution in [0.3, 0.4) is 0 Å². The molecule has 0 bridgehead atoms. The normalized spacial score (nSPS) is 13.8. The van der Waals surface area contributed by atoms with Crippen LogP contribution in [0.5, 0.6) is 11.5 Å². The largest absolute Gasteiger partial charge is 0.508 e. The van der Waals surface area contributed by atoms with Crippen molar-refractivity contribution in [2.45, 2.75) is 4.75 Å². The van der Waals surface area contributed by atoms with Crippen molar-refractivity contribution < 1.29 is 23.2 Å². The fraction of sp³-hybridized carbons (Fsp3) is 0.0526. The molecule has 0 spiro atoms. The van der Waals surface area contributed by atoms with Gasteiger partial charge in [-0.15, -0.1) is 0 Å². The van der Waals surface area contributed by atoms with E-state index in [0.717, 1.165) is 6.07 Å². The summed E-state index contributed by atoms with van der Waals surface area (Å²) >= 11 is 24.7. The van der Waals surface area contributed by atoms with E-state index in [9.17, 15) is 23.2 Å². The van der Waals surface area contributed by atoms with E-state index < -0.39 is 20.6 Å². The quantitative estimate of drug-likeness (QED) is 0.239. The van der Waals surface area contributed by atoms with Gasteiger partial charge in [-0.05, 0) is 47.5 Å². The summed E-state index contributed by atoms with van der Waals surface area (Å²) in [6.07, 6.45) is 0. The van der Waals surface area contributed by atoms with Gasteiger partial charge < -0.3 is 10.2 Å². The lowest BCUT2D eigenvalue weighted by molar-refractivity contribution is 0.455. The van der Waals surface area contributed by atoms with Gasteiger partial charge in [0.2, 0.25) is 0 Å². The van der Waals surface area contributed by atoms with Crippen LogP contribution in [0.4, 0.5) is 0 Å². The molecular formula is C19H12Cl4O5S. The highest BCUT2D eigenvalue weighted by atomic mass is 35.5. The number of hydrogen-bond donors (Lipinski definition) is 3. The molecule has 0 aromatic heterocycles. The van der Waals surface area contributed by atoms with Crippen LogP contribution < -0.4 is 0 Å². The lowest BCUT2D eigenvalue weighted by Crippen LogP contribution is -2.39. The third kappa shape index (κ3) is 3.65. The summed E-state index contributed by atoms with van der Waals surface area (Å²) in [6.45, 7) is 0. The van der Waals surface area contributed by atoms with Crippen molar-refractivity contribution in [1.29, 1.82) is 0 Å². The molecule has 0 aliphatic carbocycles. The number of halogens is 4. The Morgan fingerprint density at radius 3 is 1.79 bits per heavy atom. The average Bonchev–Trinajstić information content (AvgIpc) is 2.64. The molecule has 0 aliphatic rings. The molecule has 29 heavy (non-hydrogen) atoms. The molecule has 0 aliphatic heterocycles. The Kier molecular flexibility index (Phi) is 5.98. The molecule has 3 aromatic rings. The second-order valence-corrected chi connectivity index (χ2v) is 9.25. The lowest BCUT2D eigenvalue weighted by atomic mass is 9.83. The SMILES string of the molecule is O=S(=O)(O)C(c1ccc(O)cc1)(c1ccc(Cl)c(O)c1)c1c(Cl)ccc(Cl)c1Cl. The maximum atomic E-state index is 13.0. The molecule has 0 amide bonds. The second kappa shape index (κ2) is 7.87. The molecule has 0 radical (unpaired) electrons. The van der Waals surface area contributed by atoms with Crippen LogP contribution >= 0.6 is 46.4 Å². The van der Waals surface area contributed by atoms with E-state index >= 15 is 0 Å². The number of hydrogen-bond acceptors (Lipinski definition) is 4. The lowest BCUT2D eigenvalue weighted by Gasteiger charge is -2.34. The Hall–Kier alpha value is -1.67. The maximum Gasteiger partial charge on any atom is 0.283 e. The fourth-order valence-electron chi connectivity index (χ4n) is 3.16. The van der Waals surface area contributed by atoms with Crippen LogP contribution in [0.1, 0.15) is 16.7 Å². The first-order valence-corrected chi connectivity index (χ1v) is 10.8. The highest BCUT2D eigenvalue weighted by Crippen LogP contribution is 2.51. The fourth-order valence-corrected chi connectivity index (χ4v) is 5.53. The predicted molar refractivity (Wildman–Crippen MR) is 114 cm³/mol. The zero-order valence-corrected chi connectivity index (χ0v) is 18.1. The van der Waals surface area contributed by atoms with Gasteiger partial charge in [0.15, 0.2) is 4.75 Å². The van der Waals surface area contributed by atoms with Gasteiger partial charge in [0.1, 0.15) is 11.5 Å². The van der Waals surface area contributed by atoms with E-state index in [2.05, 4.69) is 0 Å². The molecule has 10 heteroatoms. The highest BCUT2D eigenvalue weighted by molar-refractivity contribution is 7.87. The summed E-state index contributed by atoms with van der Waals surface area (Å²) in [5.41, 5.74) is -0.326. The molecular weight excluding hydrogens is 482 g/mol. The number of rotatable bonds is 4. The Morgan fingerprint density at radius 1 is 0.724 bits per heavy atom. The third-order valence-electron chi connectivity index (χ3n) is 4.41.